The van der Waals surface area contributed by atoms with Gasteiger partial charge in [-0.1, -0.05) is 0 Å². The van der Waals surface area contributed by atoms with E-state index in [1.807, 2.05) is 5.92 Å². The molecular formula is C7H8NO. The summed E-state index contributed by atoms with van der Waals surface area (Å²) in [5, 5.41) is 0. The average molecular weight is 122 g/mol. The maximum atomic E-state index is 10.6. The first-order chi connectivity index (χ1) is 4.34. The van der Waals surface area contributed by atoms with Crippen molar-refractivity contribution in [1.29, 1.82) is 0 Å². The number of hydrogen-bond acceptors (Lipinski definition) is 1. The lowest BCUT2D eigenvalue weighted by molar-refractivity contribution is -0.124. The van der Waals surface area contributed by atoms with E-state index in [1.165, 1.54) is 0 Å². The van der Waals surface area contributed by atoms with Crippen molar-refractivity contribution in [2.45, 2.75) is 12.8 Å². The summed E-state index contributed by atoms with van der Waals surface area (Å²) in [6, 6.07) is 0. The molecule has 0 aromatic rings. The Morgan fingerprint density at radius 1 is 1.44 bits per heavy atom. The van der Waals surface area contributed by atoms with E-state index < -0.39 is 0 Å². The molecular weight excluding hydrogens is 114 g/mol. The smallest absolute Gasteiger partial charge is 0.299 e. The molecule has 0 aliphatic carbocycles. The number of nitrogens with zero attached hydrogens (tertiary/aromatic N) is 1. The number of hydrogen-bond donors (Lipinski definition) is 0. The van der Waals surface area contributed by atoms with Crippen molar-refractivity contribution in [3.8, 4) is 5.92 Å². The number of carbonyl (C=O) groups is 1. The molecule has 0 bridgehead atoms. The first kappa shape index (κ1) is 6.15. The zero-order chi connectivity index (χ0) is 6.69. The first-order valence-electron chi connectivity index (χ1n) is 3.06. The van der Waals surface area contributed by atoms with Crippen molar-refractivity contribution < 1.29 is 4.79 Å². The second kappa shape index (κ2) is 2.54. The monoisotopic (exact) mass is 122 g/mol. The quantitative estimate of drug-likeness (QED) is 0.420. The third kappa shape index (κ3) is 1.23. The van der Waals surface area contributed by atoms with Gasteiger partial charge in [-0.2, -0.15) is 0 Å². The molecule has 0 aromatic heterocycles. The van der Waals surface area contributed by atoms with Crippen LogP contribution < -0.4 is 0 Å². The molecule has 2 nitrogen and oxygen atoms in total. The molecule has 0 spiro atoms. The SMILES string of the molecule is [C]#CC(=O)N1CCCC1. The largest absolute Gasteiger partial charge is 0.332 e. The third-order valence-corrected chi connectivity index (χ3v) is 1.50. The highest BCUT2D eigenvalue weighted by atomic mass is 16.2. The first-order valence-corrected chi connectivity index (χ1v) is 3.06. The van der Waals surface area contributed by atoms with Gasteiger partial charge < -0.3 is 4.90 Å². The van der Waals surface area contributed by atoms with E-state index in [-0.39, 0.29) is 5.91 Å². The van der Waals surface area contributed by atoms with Crippen LogP contribution in [0.1, 0.15) is 12.8 Å². The van der Waals surface area contributed by atoms with Crippen molar-refractivity contribution in [3.05, 3.63) is 6.42 Å². The van der Waals surface area contributed by atoms with Gasteiger partial charge in [0.1, 0.15) is 0 Å². The van der Waals surface area contributed by atoms with Crippen LogP contribution in [-0.2, 0) is 4.79 Å². The van der Waals surface area contributed by atoms with Crippen LogP contribution in [0.2, 0.25) is 0 Å². The van der Waals surface area contributed by atoms with E-state index in [1.54, 1.807) is 4.90 Å². The molecule has 1 radical (unpaired) electrons. The number of carbonyl (C=O) groups excluding carboxylic acids is 1. The molecule has 9 heavy (non-hydrogen) atoms. The van der Waals surface area contributed by atoms with E-state index in [0.29, 0.717) is 0 Å². The highest BCUT2D eigenvalue weighted by molar-refractivity contribution is 5.92. The maximum absolute atomic E-state index is 10.6. The topological polar surface area (TPSA) is 20.3 Å². The van der Waals surface area contributed by atoms with Crippen molar-refractivity contribution in [2.75, 3.05) is 13.1 Å². The molecule has 0 aromatic carbocycles. The van der Waals surface area contributed by atoms with Gasteiger partial charge in [0.15, 0.2) is 0 Å². The second-order valence-electron chi connectivity index (χ2n) is 2.12. The van der Waals surface area contributed by atoms with Gasteiger partial charge in [0.25, 0.3) is 5.91 Å². The molecule has 47 valence electrons. The van der Waals surface area contributed by atoms with E-state index in [4.69, 9.17) is 6.42 Å². The van der Waals surface area contributed by atoms with Crippen LogP contribution >= 0.6 is 0 Å². The van der Waals surface area contributed by atoms with Crippen LogP contribution in [0, 0.1) is 12.3 Å². The lowest BCUT2D eigenvalue weighted by Crippen LogP contribution is -2.25. The standard InChI is InChI=1S/C7H8NO/c1-2-7(9)8-5-3-4-6-8/h3-6H2. The van der Waals surface area contributed by atoms with Gasteiger partial charge in [-0.25, -0.2) is 0 Å². The fraction of sp³-hybridized carbons (Fsp3) is 0.571. The van der Waals surface area contributed by atoms with E-state index in [0.717, 1.165) is 25.9 Å². The van der Waals surface area contributed by atoms with Gasteiger partial charge in [0.2, 0.25) is 0 Å². The Kier molecular flexibility index (Phi) is 1.74. The minimum Gasteiger partial charge on any atom is -0.332 e. The molecule has 1 rings (SSSR count). The van der Waals surface area contributed by atoms with Crippen LogP contribution in [-0.4, -0.2) is 23.9 Å². The van der Waals surface area contributed by atoms with E-state index in [2.05, 4.69) is 0 Å². The van der Waals surface area contributed by atoms with Crippen LogP contribution in [0.3, 0.4) is 0 Å². The minimum absolute atomic E-state index is 0.271. The Morgan fingerprint density at radius 3 is 2.44 bits per heavy atom. The fourth-order valence-electron chi connectivity index (χ4n) is 0.999. The Morgan fingerprint density at radius 2 is 2.00 bits per heavy atom. The molecule has 1 heterocycles. The van der Waals surface area contributed by atoms with Crippen LogP contribution in [0.25, 0.3) is 0 Å². The Bertz CT molecular complexity index is 151. The predicted octanol–water partition coefficient (Wildman–Crippen LogP) is 0.199. The highest BCUT2D eigenvalue weighted by Gasteiger charge is 2.14. The maximum Gasteiger partial charge on any atom is 0.299 e. The van der Waals surface area contributed by atoms with E-state index in [9.17, 15) is 4.79 Å². The zero-order valence-electron chi connectivity index (χ0n) is 5.18. The molecule has 1 aliphatic heterocycles. The molecule has 0 atom stereocenters. The average Bonchev–Trinajstić information content (AvgIpc) is 2.37. The van der Waals surface area contributed by atoms with Crippen molar-refractivity contribution >= 4 is 5.91 Å². The van der Waals surface area contributed by atoms with Gasteiger partial charge in [-0.3, -0.25) is 4.79 Å². The fourth-order valence-corrected chi connectivity index (χ4v) is 0.999. The molecule has 0 saturated carbocycles. The number of rotatable bonds is 0. The van der Waals surface area contributed by atoms with Crippen molar-refractivity contribution in [3.63, 3.8) is 0 Å². The third-order valence-electron chi connectivity index (χ3n) is 1.50. The summed E-state index contributed by atoms with van der Waals surface area (Å²) < 4.78 is 0. The highest BCUT2D eigenvalue weighted by Crippen LogP contribution is 2.06. The summed E-state index contributed by atoms with van der Waals surface area (Å²) in [7, 11) is 0. The summed E-state index contributed by atoms with van der Waals surface area (Å²) in [5.74, 6) is 1.57. The number of amides is 1. The lowest BCUT2D eigenvalue weighted by Gasteiger charge is -2.08. The summed E-state index contributed by atoms with van der Waals surface area (Å²) in [5.41, 5.74) is 0. The Hall–Kier alpha value is -0.970. The van der Waals surface area contributed by atoms with Gasteiger partial charge in [0, 0.05) is 19.0 Å². The van der Waals surface area contributed by atoms with Gasteiger partial charge in [0.05, 0.1) is 0 Å². The molecule has 1 saturated heterocycles. The summed E-state index contributed by atoms with van der Waals surface area (Å²) in [6.07, 6.45) is 8.69. The molecule has 1 aliphatic rings. The van der Waals surface area contributed by atoms with Crippen molar-refractivity contribution in [1.82, 2.24) is 4.90 Å². The van der Waals surface area contributed by atoms with E-state index >= 15 is 0 Å². The van der Waals surface area contributed by atoms with Crippen LogP contribution in [0.4, 0.5) is 0 Å². The number of likely N-dealkylation sites (tertiary alicyclic amines) is 1. The molecule has 0 unspecified atom stereocenters. The van der Waals surface area contributed by atoms with Crippen LogP contribution in [0.5, 0.6) is 0 Å². The van der Waals surface area contributed by atoms with Gasteiger partial charge >= 0.3 is 0 Å². The molecule has 1 fully saturated rings. The normalized spacial score (nSPS) is 17.4. The minimum atomic E-state index is -0.271. The summed E-state index contributed by atoms with van der Waals surface area (Å²) in [6.45, 7) is 1.62. The van der Waals surface area contributed by atoms with Gasteiger partial charge in [-0.15, -0.1) is 0 Å². The molecule has 0 N–H and O–H groups in total. The van der Waals surface area contributed by atoms with Gasteiger partial charge in [-0.05, 0) is 19.3 Å². The van der Waals surface area contributed by atoms with Crippen LogP contribution in [0.15, 0.2) is 0 Å². The Labute approximate surface area is 54.8 Å². The Balaban J connectivity index is 2.44. The zero-order valence-corrected chi connectivity index (χ0v) is 5.18. The molecule has 1 amide bonds. The lowest BCUT2D eigenvalue weighted by atomic mass is 10.4. The van der Waals surface area contributed by atoms with Crippen molar-refractivity contribution in [2.24, 2.45) is 0 Å². The summed E-state index contributed by atoms with van der Waals surface area (Å²) in [4.78, 5) is 12.3. The predicted molar refractivity (Wildman–Crippen MR) is 32.9 cm³/mol. The second-order valence-corrected chi connectivity index (χ2v) is 2.12. The summed E-state index contributed by atoms with van der Waals surface area (Å²) >= 11 is 0. The molecule has 2 heteroatoms.